The lowest BCUT2D eigenvalue weighted by Gasteiger charge is -1.97. The maximum absolute atomic E-state index is 13.2. The first-order chi connectivity index (χ1) is 7.08. The van der Waals surface area contributed by atoms with E-state index in [1.165, 1.54) is 19.1 Å². The highest BCUT2D eigenvalue weighted by molar-refractivity contribution is 6.31. The number of hydrogen-bond donors (Lipinski definition) is 1. The molecule has 0 aliphatic heterocycles. The minimum atomic E-state index is -0.464. The van der Waals surface area contributed by atoms with Crippen LogP contribution in [0.15, 0.2) is 18.3 Å². The molecule has 0 amide bonds. The number of halogens is 2. The van der Waals surface area contributed by atoms with Gasteiger partial charge in [-0.15, -0.1) is 0 Å². The largest absolute Gasteiger partial charge is 0.361 e. The molecule has 4 heteroatoms. The summed E-state index contributed by atoms with van der Waals surface area (Å²) in [4.78, 5) is 13.9. The Kier molecular flexibility index (Phi) is 2.49. The summed E-state index contributed by atoms with van der Waals surface area (Å²) >= 11 is 5.64. The quantitative estimate of drug-likeness (QED) is 0.837. The number of ketones is 1. The molecule has 0 aliphatic rings. The summed E-state index contributed by atoms with van der Waals surface area (Å²) in [6.07, 6.45) is 2.02. The van der Waals surface area contributed by atoms with Crippen LogP contribution >= 0.6 is 11.6 Å². The van der Waals surface area contributed by atoms with Crippen LogP contribution in [-0.4, -0.2) is 10.8 Å². The van der Waals surface area contributed by atoms with Gasteiger partial charge in [0.15, 0.2) is 0 Å². The van der Waals surface area contributed by atoms with Crippen molar-refractivity contribution in [2.24, 2.45) is 0 Å². The van der Waals surface area contributed by atoms with Crippen LogP contribution < -0.4 is 0 Å². The normalized spacial score (nSPS) is 10.9. The van der Waals surface area contributed by atoms with Gasteiger partial charge < -0.3 is 4.98 Å². The number of fused-ring (bicyclic) bond motifs is 1. The smallest absolute Gasteiger partial charge is 0.142 e. The van der Waals surface area contributed by atoms with Crippen molar-refractivity contribution in [3.05, 3.63) is 34.7 Å². The molecule has 2 rings (SSSR count). The van der Waals surface area contributed by atoms with E-state index < -0.39 is 5.82 Å². The molecule has 2 aromatic rings. The number of Topliss-reactive ketones (excluding diaryl/α,β-unsaturated/α-hetero) is 1. The highest BCUT2D eigenvalue weighted by Gasteiger charge is 2.09. The van der Waals surface area contributed by atoms with Crippen LogP contribution in [0.3, 0.4) is 0 Å². The zero-order valence-corrected chi connectivity index (χ0v) is 8.86. The Bertz CT molecular complexity index is 533. The lowest BCUT2D eigenvalue weighted by Crippen LogP contribution is -1.94. The number of hydrogen-bond acceptors (Lipinski definition) is 1. The molecule has 15 heavy (non-hydrogen) atoms. The number of H-pyrrole nitrogens is 1. The Morgan fingerprint density at radius 1 is 1.53 bits per heavy atom. The molecule has 2 nitrogen and oxygen atoms in total. The number of rotatable bonds is 2. The first kappa shape index (κ1) is 10.2. The number of aromatic nitrogens is 1. The van der Waals surface area contributed by atoms with Gasteiger partial charge in [-0.05, 0) is 24.6 Å². The van der Waals surface area contributed by atoms with E-state index in [4.69, 9.17) is 11.6 Å². The molecule has 1 N–H and O–H groups in total. The topological polar surface area (TPSA) is 32.9 Å². The van der Waals surface area contributed by atoms with Gasteiger partial charge in [0, 0.05) is 23.5 Å². The Hall–Kier alpha value is -1.35. The molecule has 0 aliphatic carbocycles. The van der Waals surface area contributed by atoms with Crippen LogP contribution in [0.4, 0.5) is 4.39 Å². The van der Waals surface area contributed by atoms with Crippen molar-refractivity contribution in [2.75, 3.05) is 0 Å². The zero-order valence-electron chi connectivity index (χ0n) is 8.10. The van der Waals surface area contributed by atoms with Gasteiger partial charge in [-0.3, -0.25) is 4.79 Å². The van der Waals surface area contributed by atoms with E-state index in [2.05, 4.69) is 4.98 Å². The Balaban J connectivity index is 2.59. The standard InChI is InChI=1S/C11H9ClFNO/c1-6(15)2-7-5-14-11-4-9(12)10(13)3-8(7)11/h3-5,14H,2H2,1H3. The fraction of sp³-hybridized carbons (Fsp3) is 0.182. The second-order valence-electron chi connectivity index (χ2n) is 3.50. The van der Waals surface area contributed by atoms with Crippen LogP contribution in [0.1, 0.15) is 12.5 Å². The summed E-state index contributed by atoms with van der Waals surface area (Å²) in [5.41, 5.74) is 1.55. The predicted octanol–water partition coefficient (Wildman–Crippen LogP) is 3.09. The summed E-state index contributed by atoms with van der Waals surface area (Å²) in [6.45, 7) is 1.51. The van der Waals surface area contributed by atoms with Crippen molar-refractivity contribution < 1.29 is 9.18 Å². The average Bonchev–Trinajstić information content (AvgIpc) is 2.49. The fourth-order valence-electron chi connectivity index (χ4n) is 1.59. The van der Waals surface area contributed by atoms with Crippen molar-refractivity contribution in [1.29, 1.82) is 0 Å². The van der Waals surface area contributed by atoms with E-state index in [0.717, 1.165) is 11.1 Å². The van der Waals surface area contributed by atoms with Crippen LogP contribution in [0.5, 0.6) is 0 Å². The van der Waals surface area contributed by atoms with E-state index >= 15 is 0 Å². The molecule has 0 unspecified atom stereocenters. The van der Waals surface area contributed by atoms with E-state index in [1.54, 1.807) is 6.20 Å². The van der Waals surface area contributed by atoms with Crippen LogP contribution in [0, 0.1) is 5.82 Å². The van der Waals surface area contributed by atoms with E-state index in [9.17, 15) is 9.18 Å². The van der Waals surface area contributed by atoms with Gasteiger partial charge in [-0.25, -0.2) is 4.39 Å². The molecule has 0 fully saturated rings. The summed E-state index contributed by atoms with van der Waals surface area (Å²) in [5, 5.41) is 0.797. The van der Waals surface area contributed by atoms with Crippen molar-refractivity contribution in [1.82, 2.24) is 4.98 Å². The van der Waals surface area contributed by atoms with Crippen molar-refractivity contribution >= 4 is 28.3 Å². The number of carbonyl (C=O) groups excluding carboxylic acids is 1. The third-order valence-corrected chi connectivity index (χ3v) is 2.54. The molecular formula is C11H9ClFNO. The van der Waals surface area contributed by atoms with Gasteiger partial charge in [0.25, 0.3) is 0 Å². The van der Waals surface area contributed by atoms with Gasteiger partial charge >= 0.3 is 0 Å². The Labute approximate surface area is 91.0 Å². The van der Waals surface area contributed by atoms with Gasteiger partial charge in [0.05, 0.1) is 5.02 Å². The molecule has 1 heterocycles. The molecular weight excluding hydrogens is 217 g/mol. The maximum atomic E-state index is 13.2. The Morgan fingerprint density at radius 3 is 2.93 bits per heavy atom. The molecule has 0 spiro atoms. The second-order valence-corrected chi connectivity index (χ2v) is 3.91. The monoisotopic (exact) mass is 225 g/mol. The third kappa shape index (κ3) is 1.88. The van der Waals surface area contributed by atoms with Crippen molar-refractivity contribution in [3.63, 3.8) is 0 Å². The molecule has 1 aromatic carbocycles. The van der Waals surface area contributed by atoms with Crippen molar-refractivity contribution in [2.45, 2.75) is 13.3 Å². The van der Waals surface area contributed by atoms with E-state index in [-0.39, 0.29) is 10.8 Å². The molecule has 78 valence electrons. The maximum Gasteiger partial charge on any atom is 0.142 e. The first-order valence-electron chi connectivity index (χ1n) is 4.52. The number of aromatic amines is 1. The van der Waals surface area contributed by atoms with Crippen LogP contribution in [0.2, 0.25) is 5.02 Å². The van der Waals surface area contributed by atoms with Crippen LogP contribution in [-0.2, 0) is 11.2 Å². The fourth-order valence-corrected chi connectivity index (χ4v) is 1.75. The Morgan fingerprint density at radius 2 is 2.27 bits per heavy atom. The van der Waals surface area contributed by atoms with Crippen LogP contribution in [0.25, 0.3) is 10.9 Å². The third-order valence-electron chi connectivity index (χ3n) is 2.25. The van der Waals surface area contributed by atoms with Gasteiger partial charge in [0.1, 0.15) is 11.6 Å². The summed E-state index contributed by atoms with van der Waals surface area (Å²) in [7, 11) is 0. The minimum Gasteiger partial charge on any atom is -0.361 e. The summed E-state index contributed by atoms with van der Waals surface area (Å²) in [5.74, 6) is -0.417. The van der Waals surface area contributed by atoms with E-state index in [0.29, 0.717) is 11.8 Å². The SMILES string of the molecule is CC(=O)Cc1c[nH]c2cc(Cl)c(F)cc12. The molecule has 0 bridgehead atoms. The van der Waals surface area contributed by atoms with Gasteiger partial charge in [-0.2, -0.15) is 0 Å². The van der Waals surface area contributed by atoms with E-state index in [1.807, 2.05) is 0 Å². The highest BCUT2D eigenvalue weighted by Crippen LogP contribution is 2.25. The minimum absolute atomic E-state index is 0.0475. The predicted molar refractivity (Wildman–Crippen MR) is 57.7 cm³/mol. The number of nitrogens with one attached hydrogen (secondary N) is 1. The van der Waals surface area contributed by atoms with Gasteiger partial charge in [-0.1, -0.05) is 11.6 Å². The molecule has 1 aromatic heterocycles. The molecule has 0 atom stereocenters. The lowest BCUT2D eigenvalue weighted by molar-refractivity contribution is -0.116. The average molecular weight is 226 g/mol. The molecule has 0 saturated heterocycles. The number of benzene rings is 1. The molecule has 0 saturated carbocycles. The summed E-state index contributed by atoms with van der Waals surface area (Å²) in [6, 6.07) is 2.88. The number of carbonyl (C=O) groups is 1. The highest BCUT2D eigenvalue weighted by atomic mass is 35.5. The first-order valence-corrected chi connectivity index (χ1v) is 4.90. The second kappa shape index (κ2) is 3.66. The zero-order chi connectivity index (χ0) is 11.0. The summed E-state index contributed by atoms with van der Waals surface area (Å²) < 4.78 is 13.2. The van der Waals surface area contributed by atoms with Gasteiger partial charge in [0.2, 0.25) is 0 Å². The van der Waals surface area contributed by atoms with Crippen molar-refractivity contribution in [3.8, 4) is 0 Å². The lowest BCUT2D eigenvalue weighted by atomic mass is 10.1. The molecule has 0 radical (unpaired) electrons.